The molecule has 96 valence electrons. The standard InChI is InChI=1S/C11H14Cl2O3S/c1-9-2-4-11(5-3-9)17(14,15)16-8-10(6-12)7-13/h2-5,10H,6-8H2,1H3. The fraction of sp³-hybridized carbons (Fsp3) is 0.455. The van der Waals surface area contributed by atoms with Gasteiger partial charge in [0.25, 0.3) is 10.1 Å². The predicted octanol–water partition coefficient (Wildman–Crippen LogP) is 2.79. The van der Waals surface area contributed by atoms with Crippen molar-refractivity contribution in [1.82, 2.24) is 0 Å². The number of halogens is 2. The van der Waals surface area contributed by atoms with Crippen LogP contribution in [0, 0.1) is 12.8 Å². The molecule has 1 aromatic carbocycles. The van der Waals surface area contributed by atoms with E-state index in [0.717, 1.165) is 5.56 Å². The highest BCUT2D eigenvalue weighted by molar-refractivity contribution is 7.86. The maximum Gasteiger partial charge on any atom is 0.296 e. The van der Waals surface area contributed by atoms with Gasteiger partial charge in [-0.3, -0.25) is 4.18 Å². The smallest absolute Gasteiger partial charge is 0.266 e. The number of hydrogen-bond acceptors (Lipinski definition) is 3. The predicted molar refractivity (Wildman–Crippen MR) is 69.2 cm³/mol. The lowest BCUT2D eigenvalue weighted by Gasteiger charge is -2.11. The summed E-state index contributed by atoms with van der Waals surface area (Å²) in [5, 5.41) is 0. The van der Waals surface area contributed by atoms with Crippen molar-refractivity contribution in [3.05, 3.63) is 29.8 Å². The Bertz CT molecular complexity index is 438. The first-order chi connectivity index (χ1) is 7.99. The van der Waals surface area contributed by atoms with Crippen LogP contribution in [0.3, 0.4) is 0 Å². The van der Waals surface area contributed by atoms with Gasteiger partial charge >= 0.3 is 0 Å². The quantitative estimate of drug-likeness (QED) is 0.599. The van der Waals surface area contributed by atoms with Gasteiger partial charge in [0.05, 0.1) is 11.5 Å². The zero-order valence-electron chi connectivity index (χ0n) is 9.40. The molecule has 17 heavy (non-hydrogen) atoms. The van der Waals surface area contributed by atoms with Crippen LogP contribution in [-0.4, -0.2) is 26.8 Å². The molecule has 0 aromatic heterocycles. The zero-order chi connectivity index (χ0) is 12.9. The summed E-state index contributed by atoms with van der Waals surface area (Å²) in [7, 11) is -3.71. The van der Waals surface area contributed by atoms with E-state index in [0.29, 0.717) is 0 Å². The summed E-state index contributed by atoms with van der Waals surface area (Å²) in [6, 6.07) is 6.47. The molecular formula is C11H14Cl2O3S. The molecule has 0 N–H and O–H groups in total. The molecular weight excluding hydrogens is 283 g/mol. The first kappa shape index (κ1) is 14.8. The van der Waals surface area contributed by atoms with Gasteiger partial charge < -0.3 is 0 Å². The van der Waals surface area contributed by atoms with E-state index < -0.39 is 10.1 Å². The second kappa shape index (κ2) is 6.59. The monoisotopic (exact) mass is 296 g/mol. The number of aryl methyl sites for hydroxylation is 1. The minimum absolute atomic E-state index is 0.00318. The fourth-order valence-electron chi connectivity index (χ4n) is 1.09. The third kappa shape index (κ3) is 4.47. The Hall–Kier alpha value is -0.290. The van der Waals surface area contributed by atoms with Crippen LogP contribution in [0.25, 0.3) is 0 Å². The van der Waals surface area contributed by atoms with Crippen LogP contribution in [0.5, 0.6) is 0 Å². The van der Waals surface area contributed by atoms with Crippen molar-refractivity contribution in [2.75, 3.05) is 18.4 Å². The maximum absolute atomic E-state index is 11.8. The van der Waals surface area contributed by atoms with E-state index >= 15 is 0 Å². The van der Waals surface area contributed by atoms with E-state index in [9.17, 15) is 8.42 Å². The number of hydrogen-bond donors (Lipinski definition) is 0. The lowest BCUT2D eigenvalue weighted by atomic mass is 10.2. The van der Waals surface area contributed by atoms with Crippen molar-refractivity contribution in [2.24, 2.45) is 5.92 Å². The van der Waals surface area contributed by atoms with Gasteiger partial charge in [0, 0.05) is 17.7 Å². The van der Waals surface area contributed by atoms with Gasteiger partial charge in [-0.1, -0.05) is 17.7 Å². The molecule has 0 aliphatic rings. The van der Waals surface area contributed by atoms with Crippen LogP contribution in [0.15, 0.2) is 29.2 Å². The Morgan fingerprint density at radius 1 is 1.18 bits per heavy atom. The van der Waals surface area contributed by atoms with Crippen molar-refractivity contribution in [1.29, 1.82) is 0 Å². The van der Waals surface area contributed by atoms with Crippen LogP contribution in [0.1, 0.15) is 5.56 Å². The van der Waals surface area contributed by atoms with Gasteiger partial charge in [-0.15, -0.1) is 23.2 Å². The van der Waals surface area contributed by atoms with Crippen molar-refractivity contribution in [3.63, 3.8) is 0 Å². The zero-order valence-corrected chi connectivity index (χ0v) is 11.7. The van der Waals surface area contributed by atoms with Crippen molar-refractivity contribution in [2.45, 2.75) is 11.8 Å². The van der Waals surface area contributed by atoms with E-state index in [-0.39, 0.29) is 29.2 Å². The Morgan fingerprint density at radius 2 is 1.71 bits per heavy atom. The molecule has 0 atom stereocenters. The molecule has 3 nitrogen and oxygen atoms in total. The van der Waals surface area contributed by atoms with Crippen molar-refractivity contribution in [3.8, 4) is 0 Å². The highest BCUT2D eigenvalue weighted by Gasteiger charge is 2.17. The topological polar surface area (TPSA) is 43.4 Å². The third-order valence-corrected chi connectivity index (χ3v) is 4.37. The SMILES string of the molecule is Cc1ccc(S(=O)(=O)OCC(CCl)CCl)cc1. The molecule has 0 bridgehead atoms. The van der Waals surface area contributed by atoms with Crippen LogP contribution in [0.4, 0.5) is 0 Å². The van der Waals surface area contributed by atoms with Gasteiger partial charge in [-0.05, 0) is 19.1 Å². The summed E-state index contributed by atoms with van der Waals surface area (Å²) in [5.41, 5.74) is 0.989. The Morgan fingerprint density at radius 3 is 2.18 bits per heavy atom. The first-order valence-electron chi connectivity index (χ1n) is 5.07. The number of rotatable bonds is 6. The highest BCUT2D eigenvalue weighted by atomic mass is 35.5. The largest absolute Gasteiger partial charge is 0.296 e. The molecule has 0 saturated heterocycles. The summed E-state index contributed by atoms with van der Waals surface area (Å²) >= 11 is 11.2. The summed E-state index contributed by atoms with van der Waals surface area (Å²) in [4.78, 5) is 0.144. The molecule has 1 rings (SSSR count). The van der Waals surface area contributed by atoms with Gasteiger partial charge in [0.15, 0.2) is 0 Å². The fourth-order valence-corrected chi connectivity index (χ4v) is 2.57. The molecule has 0 aliphatic carbocycles. The molecule has 1 aromatic rings. The number of benzene rings is 1. The highest BCUT2D eigenvalue weighted by Crippen LogP contribution is 2.15. The minimum atomic E-state index is -3.71. The van der Waals surface area contributed by atoms with Gasteiger partial charge in [0.2, 0.25) is 0 Å². The molecule has 0 saturated carbocycles. The molecule has 0 amide bonds. The average Bonchev–Trinajstić information content (AvgIpc) is 2.31. The Labute approximate surface area is 112 Å². The summed E-state index contributed by atoms with van der Waals surface area (Å²) in [6.45, 7) is 1.89. The van der Waals surface area contributed by atoms with Crippen molar-refractivity contribution >= 4 is 33.3 Å². The van der Waals surface area contributed by atoms with Gasteiger partial charge in [-0.25, -0.2) is 0 Å². The summed E-state index contributed by atoms with van der Waals surface area (Å²) in [5.74, 6) is 0.374. The van der Waals surface area contributed by atoms with Crippen LogP contribution < -0.4 is 0 Å². The summed E-state index contributed by atoms with van der Waals surface area (Å²) < 4.78 is 28.4. The van der Waals surface area contributed by atoms with Crippen molar-refractivity contribution < 1.29 is 12.6 Å². The van der Waals surface area contributed by atoms with Gasteiger partial charge in [0.1, 0.15) is 0 Å². The van der Waals surface area contributed by atoms with Crippen LogP contribution >= 0.6 is 23.2 Å². The molecule has 0 unspecified atom stereocenters. The van der Waals surface area contributed by atoms with Crippen LogP contribution in [-0.2, 0) is 14.3 Å². The average molecular weight is 297 g/mol. The molecule has 0 heterocycles. The molecule has 0 aliphatic heterocycles. The second-order valence-corrected chi connectivity index (χ2v) is 5.96. The normalized spacial score (nSPS) is 12.0. The van der Waals surface area contributed by atoms with E-state index in [1.807, 2.05) is 6.92 Å². The number of alkyl halides is 2. The maximum atomic E-state index is 11.8. The minimum Gasteiger partial charge on any atom is -0.266 e. The molecule has 6 heteroatoms. The second-order valence-electron chi connectivity index (χ2n) is 3.73. The van der Waals surface area contributed by atoms with Crippen LogP contribution in [0.2, 0.25) is 0 Å². The Kier molecular flexibility index (Phi) is 5.73. The lowest BCUT2D eigenvalue weighted by Crippen LogP contribution is -2.17. The third-order valence-electron chi connectivity index (χ3n) is 2.20. The van der Waals surface area contributed by atoms with E-state index in [1.165, 1.54) is 12.1 Å². The molecule has 0 radical (unpaired) electrons. The summed E-state index contributed by atoms with van der Waals surface area (Å²) in [6.07, 6.45) is 0. The molecule has 0 fully saturated rings. The molecule has 0 spiro atoms. The van der Waals surface area contributed by atoms with Gasteiger partial charge in [-0.2, -0.15) is 8.42 Å². The Balaban J connectivity index is 2.72. The van der Waals surface area contributed by atoms with E-state index in [1.54, 1.807) is 12.1 Å². The first-order valence-corrected chi connectivity index (χ1v) is 7.55. The van der Waals surface area contributed by atoms with E-state index in [2.05, 4.69) is 0 Å². The lowest BCUT2D eigenvalue weighted by molar-refractivity contribution is 0.278. The van der Waals surface area contributed by atoms with E-state index in [4.69, 9.17) is 27.4 Å².